The van der Waals surface area contributed by atoms with E-state index in [0.29, 0.717) is 5.56 Å². The number of nitrogens with one attached hydrogen (secondary N) is 2. The van der Waals surface area contributed by atoms with Crippen LogP contribution >= 0.6 is 0 Å². The van der Waals surface area contributed by atoms with Crippen LogP contribution in [0.15, 0.2) is 24.3 Å². The fraction of sp³-hybridized carbons (Fsp3) is 0.500. The van der Waals surface area contributed by atoms with Crippen LogP contribution < -0.4 is 10.6 Å². The number of amides is 2. The first kappa shape index (κ1) is 22.9. The van der Waals surface area contributed by atoms with Gasteiger partial charge in [-0.05, 0) is 33.3 Å². The molecule has 0 aliphatic heterocycles. The number of carbonyl (C=O) groups excluding carboxylic acids is 3. The van der Waals surface area contributed by atoms with E-state index in [2.05, 4.69) is 10.6 Å². The average Bonchev–Trinajstić information content (AvgIpc) is 2.58. The fourth-order valence-corrected chi connectivity index (χ4v) is 2.14. The highest BCUT2D eigenvalue weighted by molar-refractivity contribution is 5.88. The number of non-ortho nitro benzene ring substituents is 1. The standard InChI is InChI=1S/C18H25N3O7/c1-5-27-15(22)11-19-16(23)14(20-17(24)28-18(2,3)4)10-12-6-8-13(9-7-12)21(25)26/h6-9,14H,5,10-11H2,1-4H3,(H,19,23)(H,20,24). The monoisotopic (exact) mass is 395 g/mol. The predicted octanol–water partition coefficient (Wildman–Crippen LogP) is 1.71. The molecule has 1 atom stereocenters. The highest BCUT2D eigenvalue weighted by atomic mass is 16.6. The second-order valence-electron chi connectivity index (χ2n) is 6.85. The molecule has 0 fully saturated rings. The van der Waals surface area contributed by atoms with Crippen molar-refractivity contribution in [1.29, 1.82) is 0 Å². The summed E-state index contributed by atoms with van der Waals surface area (Å²) in [6.07, 6.45) is -0.753. The van der Waals surface area contributed by atoms with Crippen LogP contribution in [0.4, 0.5) is 10.5 Å². The lowest BCUT2D eigenvalue weighted by Crippen LogP contribution is -2.50. The van der Waals surface area contributed by atoms with Gasteiger partial charge in [0.15, 0.2) is 0 Å². The molecule has 0 spiro atoms. The maximum absolute atomic E-state index is 12.4. The molecule has 1 aromatic carbocycles. The third kappa shape index (κ3) is 8.47. The van der Waals surface area contributed by atoms with Crippen LogP contribution in [0.1, 0.15) is 33.3 Å². The van der Waals surface area contributed by atoms with Gasteiger partial charge in [-0.1, -0.05) is 12.1 Å². The number of hydrogen-bond donors (Lipinski definition) is 2. The average molecular weight is 395 g/mol. The molecule has 0 saturated heterocycles. The van der Waals surface area contributed by atoms with Gasteiger partial charge >= 0.3 is 12.1 Å². The Morgan fingerprint density at radius 1 is 1.18 bits per heavy atom. The van der Waals surface area contributed by atoms with Crippen molar-refractivity contribution in [3.63, 3.8) is 0 Å². The molecular weight excluding hydrogens is 370 g/mol. The van der Waals surface area contributed by atoms with E-state index >= 15 is 0 Å². The zero-order valence-electron chi connectivity index (χ0n) is 16.3. The number of ether oxygens (including phenoxy) is 2. The van der Waals surface area contributed by atoms with E-state index in [9.17, 15) is 24.5 Å². The van der Waals surface area contributed by atoms with Crippen molar-refractivity contribution in [3.8, 4) is 0 Å². The molecule has 0 heterocycles. The van der Waals surface area contributed by atoms with Gasteiger partial charge in [0, 0.05) is 18.6 Å². The van der Waals surface area contributed by atoms with Crippen LogP contribution in [0.25, 0.3) is 0 Å². The van der Waals surface area contributed by atoms with E-state index in [1.165, 1.54) is 24.3 Å². The van der Waals surface area contributed by atoms with E-state index in [0.717, 1.165) is 0 Å². The summed E-state index contributed by atoms with van der Waals surface area (Å²) in [5.74, 6) is -1.22. The molecular formula is C18H25N3O7. The summed E-state index contributed by atoms with van der Waals surface area (Å²) in [5, 5.41) is 15.6. The molecule has 10 nitrogen and oxygen atoms in total. The van der Waals surface area contributed by atoms with Gasteiger partial charge in [0.25, 0.3) is 5.69 Å². The molecule has 28 heavy (non-hydrogen) atoms. The Kier molecular flexibility index (Phi) is 8.36. The Bertz CT molecular complexity index is 711. The molecule has 0 aliphatic rings. The Morgan fingerprint density at radius 2 is 1.79 bits per heavy atom. The number of benzene rings is 1. The van der Waals surface area contributed by atoms with Crippen LogP contribution in [-0.2, 0) is 25.5 Å². The minimum absolute atomic E-state index is 0.0475. The number of nitro benzene ring substituents is 1. The van der Waals surface area contributed by atoms with Gasteiger partial charge in [-0.15, -0.1) is 0 Å². The van der Waals surface area contributed by atoms with Crippen molar-refractivity contribution >= 4 is 23.7 Å². The maximum atomic E-state index is 12.4. The minimum Gasteiger partial charge on any atom is -0.465 e. The number of nitrogens with zero attached hydrogens (tertiary/aromatic N) is 1. The van der Waals surface area contributed by atoms with Crippen molar-refractivity contribution in [1.82, 2.24) is 10.6 Å². The Morgan fingerprint density at radius 3 is 2.29 bits per heavy atom. The quantitative estimate of drug-likeness (QED) is 0.388. The molecule has 0 aliphatic carbocycles. The summed E-state index contributed by atoms with van der Waals surface area (Å²) < 4.78 is 9.90. The highest BCUT2D eigenvalue weighted by Gasteiger charge is 2.25. The molecule has 0 aromatic heterocycles. The number of nitro groups is 1. The van der Waals surface area contributed by atoms with Crippen LogP contribution in [0.3, 0.4) is 0 Å². The first-order chi connectivity index (χ1) is 13.0. The van der Waals surface area contributed by atoms with Crippen molar-refractivity contribution in [2.45, 2.75) is 45.8 Å². The molecule has 0 bridgehead atoms. The summed E-state index contributed by atoms with van der Waals surface area (Å²) in [6, 6.07) is 4.53. The molecule has 10 heteroatoms. The molecule has 1 aromatic rings. The van der Waals surface area contributed by atoms with Gasteiger partial charge in [-0.25, -0.2) is 4.79 Å². The van der Waals surface area contributed by atoms with Gasteiger partial charge < -0.3 is 20.1 Å². The number of alkyl carbamates (subject to hydrolysis) is 1. The van der Waals surface area contributed by atoms with Crippen molar-refractivity contribution in [2.24, 2.45) is 0 Å². The zero-order valence-corrected chi connectivity index (χ0v) is 16.3. The molecule has 2 amide bonds. The van der Waals surface area contributed by atoms with Crippen molar-refractivity contribution in [2.75, 3.05) is 13.2 Å². The summed E-state index contributed by atoms with van der Waals surface area (Å²) in [5.41, 5.74) is -0.270. The molecule has 0 radical (unpaired) electrons. The summed E-state index contributed by atoms with van der Waals surface area (Å²) in [6.45, 7) is 6.51. The van der Waals surface area contributed by atoms with Crippen molar-refractivity contribution < 1.29 is 28.8 Å². The van der Waals surface area contributed by atoms with Gasteiger partial charge in [0.2, 0.25) is 5.91 Å². The van der Waals surface area contributed by atoms with E-state index in [-0.39, 0.29) is 25.3 Å². The smallest absolute Gasteiger partial charge is 0.408 e. The fourth-order valence-electron chi connectivity index (χ4n) is 2.14. The Hall–Kier alpha value is -3.17. The predicted molar refractivity (Wildman–Crippen MR) is 99.6 cm³/mol. The number of esters is 1. The second-order valence-corrected chi connectivity index (χ2v) is 6.85. The van der Waals surface area contributed by atoms with Crippen molar-refractivity contribution in [3.05, 3.63) is 39.9 Å². The summed E-state index contributed by atoms with van der Waals surface area (Å²) in [7, 11) is 0. The first-order valence-electron chi connectivity index (χ1n) is 8.68. The highest BCUT2D eigenvalue weighted by Crippen LogP contribution is 2.14. The number of hydrogen-bond acceptors (Lipinski definition) is 7. The molecule has 154 valence electrons. The number of carbonyl (C=O) groups is 3. The van der Waals surface area contributed by atoms with Gasteiger partial charge in [-0.3, -0.25) is 19.7 Å². The van der Waals surface area contributed by atoms with Gasteiger partial charge in [0.05, 0.1) is 11.5 Å². The Labute approximate surface area is 162 Å². The zero-order chi connectivity index (χ0) is 21.3. The number of rotatable bonds is 8. The molecule has 1 unspecified atom stereocenters. The van der Waals surface area contributed by atoms with Gasteiger partial charge in [-0.2, -0.15) is 0 Å². The molecule has 1 rings (SSSR count). The normalized spacial score (nSPS) is 11.9. The summed E-state index contributed by atoms with van der Waals surface area (Å²) in [4.78, 5) is 46.1. The summed E-state index contributed by atoms with van der Waals surface area (Å²) >= 11 is 0. The lowest BCUT2D eigenvalue weighted by Gasteiger charge is -2.23. The largest absolute Gasteiger partial charge is 0.465 e. The first-order valence-corrected chi connectivity index (χ1v) is 8.68. The lowest BCUT2D eigenvalue weighted by molar-refractivity contribution is -0.384. The van der Waals surface area contributed by atoms with E-state index in [1.807, 2.05) is 0 Å². The van der Waals surface area contributed by atoms with Crippen LogP contribution in [0.5, 0.6) is 0 Å². The van der Waals surface area contributed by atoms with E-state index in [4.69, 9.17) is 9.47 Å². The van der Waals surface area contributed by atoms with E-state index in [1.54, 1.807) is 27.7 Å². The molecule has 2 N–H and O–H groups in total. The SMILES string of the molecule is CCOC(=O)CNC(=O)C(Cc1ccc([N+](=O)[O-])cc1)NC(=O)OC(C)(C)C. The lowest BCUT2D eigenvalue weighted by atomic mass is 10.0. The van der Waals surface area contributed by atoms with Crippen LogP contribution in [0, 0.1) is 10.1 Å². The van der Waals surface area contributed by atoms with Crippen LogP contribution in [0.2, 0.25) is 0 Å². The minimum atomic E-state index is -1.05. The maximum Gasteiger partial charge on any atom is 0.408 e. The topological polar surface area (TPSA) is 137 Å². The molecule has 0 saturated carbocycles. The third-order valence-electron chi connectivity index (χ3n) is 3.31. The van der Waals surface area contributed by atoms with Crippen LogP contribution in [-0.4, -0.2) is 47.7 Å². The van der Waals surface area contributed by atoms with Gasteiger partial charge in [0.1, 0.15) is 18.2 Å². The van der Waals surface area contributed by atoms with E-state index < -0.39 is 34.5 Å². The second kappa shape index (κ2) is 10.2. The Balaban J connectivity index is 2.86. The third-order valence-corrected chi connectivity index (χ3v) is 3.31.